The smallest absolute Gasteiger partial charge is 0.416 e. The molecule has 1 heterocycles. The highest BCUT2D eigenvalue weighted by atomic mass is 19.4. The van der Waals surface area contributed by atoms with Crippen molar-refractivity contribution in [1.29, 1.82) is 0 Å². The van der Waals surface area contributed by atoms with Gasteiger partial charge in [-0.1, -0.05) is 12.1 Å². The van der Waals surface area contributed by atoms with Crippen LogP contribution in [0.2, 0.25) is 0 Å². The molecule has 3 rings (SSSR count). The standard InChI is InChI=1S/C20H20F3N3O2/c1-19(2,3)27-12-17-25-26-18(28-17)15-6-4-5-7-16(15)24-14-10-8-13(9-11-14)20(21,22)23/h4-11,24H,12H2,1-3H3. The molecule has 0 bridgehead atoms. The zero-order valence-corrected chi connectivity index (χ0v) is 15.7. The van der Waals surface area contributed by atoms with Crippen molar-refractivity contribution in [3.63, 3.8) is 0 Å². The Balaban J connectivity index is 1.79. The third-order valence-corrected chi connectivity index (χ3v) is 3.74. The quantitative estimate of drug-likeness (QED) is 0.594. The number of nitrogens with zero attached hydrogens (tertiary/aromatic N) is 2. The topological polar surface area (TPSA) is 60.2 Å². The molecule has 0 aliphatic carbocycles. The van der Waals surface area contributed by atoms with Crippen molar-refractivity contribution in [3.05, 3.63) is 60.0 Å². The first-order valence-corrected chi connectivity index (χ1v) is 8.62. The Morgan fingerprint density at radius 2 is 1.64 bits per heavy atom. The first-order valence-electron chi connectivity index (χ1n) is 8.62. The van der Waals surface area contributed by atoms with E-state index in [1.165, 1.54) is 12.1 Å². The van der Waals surface area contributed by atoms with Crippen LogP contribution in [0.3, 0.4) is 0 Å². The summed E-state index contributed by atoms with van der Waals surface area (Å²) in [5, 5.41) is 11.1. The zero-order valence-electron chi connectivity index (χ0n) is 15.7. The fourth-order valence-electron chi connectivity index (χ4n) is 2.38. The summed E-state index contributed by atoms with van der Waals surface area (Å²) in [4.78, 5) is 0. The van der Waals surface area contributed by atoms with E-state index < -0.39 is 11.7 Å². The molecule has 0 atom stereocenters. The number of hydrogen-bond acceptors (Lipinski definition) is 5. The lowest BCUT2D eigenvalue weighted by Crippen LogP contribution is -2.18. The Morgan fingerprint density at radius 3 is 2.29 bits per heavy atom. The van der Waals surface area contributed by atoms with Gasteiger partial charge in [-0.15, -0.1) is 10.2 Å². The number of ether oxygens (including phenoxy) is 1. The molecule has 0 unspecified atom stereocenters. The van der Waals surface area contributed by atoms with E-state index in [-0.39, 0.29) is 12.2 Å². The Morgan fingerprint density at radius 1 is 0.964 bits per heavy atom. The number of benzene rings is 2. The molecule has 0 saturated carbocycles. The monoisotopic (exact) mass is 391 g/mol. The van der Waals surface area contributed by atoms with E-state index in [0.717, 1.165) is 12.1 Å². The van der Waals surface area contributed by atoms with Gasteiger partial charge in [-0.3, -0.25) is 0 Å². The van der Waals surface area contributed by atoms with E-state index in [2.05, 4.69) is 15.5 Å². The first kappa shape index (κ1) is 19.9. The van der Waals surface area contributed by atoms with E-state index in [0.29, 0.717) is 28.7 Å². The normalized spacial score (nSPS) is 12.2. The molecule has 0 spiro atoms. The highest BCUT2D eigenvalue weighted by molar-refractivity contribution is 5.76. The van der Waals surface area contributed by atoms with Crippen molar-refractivity contribution in [3.8, 4) is 11.5 Å². The predicted molar refractivity (Wildman–Crippen MR) is 99.0 cm³/mol. The number of para-hydroxylation sites is 1. The van der Waals surface area contributed by atoms with Gasteiger partial charge in [-0.05, 0) is 57.2 Å². The van der Waals surface area contributed by atoms with E-state index in [1.54, 1.807) is 18.2 Å². The van der Waals surface area contributed by atoms with Crippen LogP contribution >= 0.6 is 0 Å². The van der Waals surface area contributed by atoms with Gasteiger partial charge in [0.2, 0.25) is 11.8 Å². The van der Waals surface area contributed by atoms with Crippen LogP contribution < -0.4 is 5.32 Å². The van der Waals surface area contributed by atoms with E-state index in [4.69, 9.17) is 9.15 Å². The summed E-state index contributed by atoms with van der Waals surface area (Å²) in [6.45, 7) is 5.96. The van der Waals surface area contributed by atoms with Gasteiger partial charge in [0.15, 0.2) is 0 Å². The molecule has 0 fully saturated rings. The maximum absolute atomic E-state index is 12.7. The highest BCUT2D eigenvalue weighted by Crippen LogP contribution is 2.32. The van der Waals surface area contributed by atoms with Gasteiger partial charge in [0.05, 0.1) is 22.4 Å². The van der Waals surface area contributed by atoms with Gasteiger partial charge in [0.25, 0.3) is 0 Å². The van der Waals surface area contributed by atoms with Crippen LogP contribution in [-0.2, 0) is 17.5 Å². The SMILES string of the molecule is CC(C)(C)OCc1nnc(-c2ccccc2Nc2ccc(C(F)(F)F)cc2)o1. The number of alkyl halides is 3. The molecular weight excluding hydrogens is 371 g/mol. The fourth-order valence-corrected chi connectivity index (χ4v) is 2.38. The van der Waals surface area contributed by atoms with Crippen molar-refractivity contribution >= 4 is 11.4 Å². The molecule has 8 heteroatoms. The van der Waals surface area contributed by atoms with Crippen LogP contribution in [0.1, 0.15) is 32.2 Å². The highest BCUT2D eigenvalue weighted by Gasteiger charge is 2.30. The second kappa shape index (κ2) is 7.63. The van der Waals surface area contributed by atoms with Crippen molar-refractivity contribution in [2.75, 3.05) is 5.32 Å². The summed E-state index contributed by atoms with van der Waals surface area (Å²) in [6.07, 6.45) is -4.37. The van der Waals surface area contributed by atoms with E-state index >= 15 is 0 Å². The summed E-state index contributed by atoms with van der Waals surface area (Å²) in [5.41, 5.74) is 0.741. The van der Waals surface area contributed by atoms with Crippen molar-refractivity contribution in [1.82, 2.24) is 10.2 Å². The van der Waals surface area contributed by atoms with Gasteiger partial charge in [-0.25, -0.2) is 0 Å². The van der Waals surface area contributed by atoms with Crippen molar-refractivity contribution in [2.45, 2.75) is 39.2 Å². The van der Waals surface area contributed by atoms with Gasteiger partial charge in [0, 0.05) is 5.69 Å². The maximum Gasteiger partial charge on any atom is 0.416 e. The van der Waals surface area contributed by atoms with Crippen LogP contribution in [0.15, 0.2) is 52.9 Å². The molecule has 0 radical (unpaired) electrons. The third-order valence-electron chi connectivity index (χ3n) is 3.74. The molecule has 3 aromatic rings. The average Bonchev–Trinajstić information content (AvgIpc) is 3.08. The lowest BCUT2D eigenvalue weighted by Gasteiger charge is -2.17. The van der Waals surface area contributed by atoms with Crippen molar-refractivity contribution < 1.29 is 22.3 Å². The number of rotatable bonds is 5. The van der Waals surface area contributed by atoms with Crippen LogP contribution in [0, 0.1) is 0 Å². The summed E-state index contributed by atoms with van der Waals surface area (Å²) >= 11 is 0. The number of halogens is 3. The predicted octanol–water partition coefficient (Wildman–Crippen LogP) is 5.81. The molecule has 2 aromatic carbocycles. The minimum absolute atomic E-state index is 0.186. The second-order valence-electron chi connectivity index (χ2n) is 7.15. The summed E-state index contributed by atoms with van der Waals surface area (Å²) < 4.78 is 49.4. The van der Waals surface area contributed by atoms with Crippen LogP contribution in [-0.4, -0.2) is 15.8 Å². The Kier molecular flexibility index (Phi) is 5.42. The lowest BCUT2D eigenvalue weighted by atomic mass is 10.1. The Bertz CT molecular complexity index is 929. The van der Waals surface area contributed by atoms with Gasteiger partial charge >= 0.3 is 6.18 Å². The molecule has 28 heavy (non-hydrogen) atoms. The fraction of sp³-hybridized carbons (Fsp3) is 0.300. The second-order valence-corrected chi connectivity index (χ2v) is 7.15. The molecule has 0 aliphatic rings. The summed E-state index contributed by atoms with van der Waals surface area (Å²) in [5.74, 6) is 0.636. The molecular formula is C20H20F3N3O2. The number of hydrogen-bond donors (Lipinski definition) is 1. The lowest BCUT2D eigenvalue weighted by molar-refractivity contribution is -0.137. The van der Waals surface area contributed by atoms with Crippen LogP contribution in [0.25, 0.3) is 11.5 Å². The van der Waals surface area contributed by atoms with Crippen molar-refractivity contribution in [2.24, 2.45) is 0 Å². The number of anilines is 2. The van der Waals surface area contributed by atoms with Crippen LogP contribution in [0.5, 0.6) is 0 Å². The molecule has 0 aliphatic heterocycles. The minimum Gasteiger partial charge on any atom is -0.418 e. The molecule has 0 saturated heterocycles. The van der Waals surface area contributed by atoms with E-state index in [9.17, 15) is 13.2 Å². The average molecular weight is 391 g/mol. The third kappa shape index (κ3) is 5.10. The Labute approximate surface area is 160 Å². The number of nitrogens with one attached hydrogen (secondary N) is 1. The number of aromatic nitrogens is 2. The minimum atomic E-state index is -4.37. The zero-order chi connectivity index (χ0) is 20.4. The van der Waals surface area contributed by atoms with Gasteiger partial charge < -0.3 is 14.5 Å². The molecule has 5 nitrogen and oxygen atoms in total. The van der Waals surface area contributed by atoms with Crippen LogP contribution in [0.4, 0.5) is 24.5 Å². The first-order chi connectivity index (χ1) is 13.1. The van der Waals surface area contributed by atoms with Gasteiger partial charge in [0.1, 0.15) is 6.61 Å². The maximum atomic E-state index is 12.7. The molecule has 0 amide bonds. The molecule has 1 N–H and O–H groups in total. The van der Waals surface area contributed by atoms with Gasteiger partial charge in [-0.2, -0.15) is 13.2 Å². The molecule has 1 aromatic heterocycles. The summed E-state index contributed by atoms with van der Waals surface area (Å²) in [6, 6.07) is 12.0. The largest absolute Gasteiger partial charge is 0.418 e. The molecule has 148 valence electrons. The van der Waals surface area contributed by atoms with E-state index in [1.807, 2.05) is 26.8 Å². The Hall–Kier alpha value is -2.87. The summed E-state index contributed by atoms with van der Waals surface area (Å²) in [7, 11) is 0.